The number of benzene rings is 1. The van der Waals surface area contributed by atoms with Crippen LogP contribution in [0.5, 0.6) is 0 Å². The fourth-order valence-corrected chi connectivity index (χ4v) is 3.85. The second-order valence-electron chi connectivity index (χ2n) is 7.25. The highest BCUT2D eigenvalue weighted by molar-refractivity contribution is 5.95. The minimum absolute atomic E-state index is 0.0179. The predicted octanol–water partition coefficient (Wildman–Crippen LogP) is 1.31. The van der Waals surface area contributed by atoms with Gasteiger partial charge < -0.3 is 15.5 Å². The molecule has 2 saturated heterocycles. The smallest absolute Gasteiger partial charge is 0.254 e. The fraction of sp³-hybridized carbons (Fsp3) is 0.579. The summed E-state index contributed by atoms with van der Waals surface area (Å²) in [6.45, 7) is 7.85. The van der Waals surface area contributed by atoms with E-state index in [1.54, 1.807) is 4.90 Å². The first-order valence-corrected chi connectivity index (χ1v) is 9.16. The van der Waals surface area contributed by atoms with Crippen LogP contribution in [0.15, 0.2) is 24.3 Å². The summed E-state index contributed by atoms with van der Waals surface area (Å²) in [6, 6.07) is 7.65. The third-order valence-corrected chi connectivity index (χ3v) is 5.27. The van der Waals surface area contributed by atoms with Crippen LogP contribution in [0.3, 0.4) is 0 Å². The number of nitrogens with two attached hydrogens (primary N) is 1. The molecule has 6 nitrogen and oxygen atoms in total. The summed E-state index contributed by atoms with van der Waals surface area (Å²) in [5.74, 6) is -0.382. The molecular formula is C19H28N4O2. The topological polar surface area (TPSA) is 69.9 Å². The average molecular weight is 344 g/mol. The van der Waals surface area contributed by atoms with Gasteiger partial charge >= 0.3 is 0 Å². The van der Waals surface area contributed by atoms with Crippen molar-refractivity contribution in [3.63, 3.8) is 0 Å². The zero-order valence-corrected chi connectivity index (χ0v) is 15.1. The molecule has 2 heterocycles. The molecule has 1 aromatic rings. The first kappa shape index (κ1) is 17.7. The Balaban J connectivity index is 1.74. The van der Waals surface area contributed by atoms with Gasteiger partial charge in [-0.25, -0.2) is 0 Å². The number of amides is 2. The van der Waals surface area contributed by atoms with Crippen molar-refractivity contribution in [2.75, 3.05) is 37.6 Å². The largest absolute Gasteiger partial charge is 0.372 e. The second-order valence-corrected chi connectivity index (χ2v) is 7.25. The van der Waals surface area contributed by atoms with Gasteiger partial charge in [0.25, 0.3) is 5.91 Å². The van der Waals surface area contributed by atoms with Gasteiger partial charge in [0.05, 0.1) is 0 Å². The number of nitrogens with zero attached hydrogens (tertiary/aromatic N) is 3. The number of carbonyl (C=O) groups is 2. The number of carbonyl (C=O) groups excluding carboxylic acids is 2. The van der Waals surface area contributed by atoms with Crippen molar-refractivity contribution < 1.29 is 9.59 Å². The van der Waals surface area contributed by atoms with Gasteiger partial charge in [0.1, 0.15) is 6.04 Å². The highest BCUT2D eigenvalue weighted by Crippen LogP contribution is 2.23. The van der Waals surface area contributed by atoms with E-state index >= 15 is 0 Å². The van der Waals surface area contributed by atoms with Crippen LogP contribution in [0.25, 0.3) is 0 Å². The van der Waals surface area contributed by atoms with Crippen molar-refractivity contribution in [2.45, 2.75) is 38.8 Å². The van der Waals surface area contributed by atoms with E-state index in [1.807, 2.05) is 32.0 Å². The van der Waals surface area contributed by atoms with Crippen molar-refractivity contribution in [2.24, 2.45) is 5.73 Å². The minimum Gasteiger partial charge on any atom is -0.372 e. The average Bonchev–Trinajstić information content (AvgIpc) is 3.15. The summed E-state index contributed by atoms with van der Waals surface area (Å²) < 4.78 is 0. The molecule has 2 N–H and O–H groups in total. The van der Waals surface area contributed by atoms with Crippen LogP contribution in [-0.2, 0) is 4.79 Å². The molecule has 1 atom stereocenters. The lowest BCUT2D eigenvalue weighted by Crippen LogP contribution is -2.61. The lowest BCUT2D eigenvalue weighted by molar-refractivity contribution is -0.126. The number of hydrogen-bond acceptors (Lipinski definition) is 4. The van der Waals surface area contributed by atoms with Gasteiger partial charge in [-0.3, -0.25) is 14.5 Å². The first-order valence-electron chi connectivity index (χ1n) is 9.16. The maximum absolute atomic E-state index is 12.9. The van der Waals surface area contributed by atoms with Crippen LogP contribution in [0.2, 0.25) is 0 Å². The molecule has 2 fully saturated rings. The van der Waals surface area contributed by atoms with Gasteiger partial charge in [0.15, 0.2) is 0 Å². The lowest BCUT2D eigenvalue weighted by Gasteiger charge is -2.42. The Morgan fingerprint density at radius 2 is 1.84 bits per heavy atom. The molecule has 1 aromatic carbocycles. The van der Waals surface area contributed by atoms with Crippen LogP contribution >= 0.6 is 0 Å². The third kappa shape index (κ3) is 3.79. The van der Waals surface area contributed by atoms with Crippen molar-refractivity contribution in [1.29, 1.82) is 0 Å². The zero-order chi connectivity index (χ0) is 18.0. The number of rotatable bonds is 4. The SMILES string of the molecule is CC(C)N1CCN(C(=O)c2cccc(N3CCCC3)c2)C[C@H]1C(N)=O. The number of hydrogen-bond donors (Lipinski definition) is 1. The molecule has 0 aliphatic carbocycles. The van der Waals surface area contributed by atoms with E-state index in [2.05, 4.69) is 15.9 Å². The van der Waals surface area contributed by atoms with Crippen LogP contribution < -0.4 is 10.6 Å². The van der Waals surface area contributed by atoms with Crippen LogP contribution in [-0.4, -0.2) is 66.4 Å². The summed E-state index contributed by atoms with van der Waals surface area (Å²) >= 11 is 0. The van der Waals surface area contributed by atoms with Gasteiger partial charge in [-0.15, -0.1) is 0 Å². The van der Waals surface area contributed by atoms with E-state index in [-0.39, 0.29) is 17.9 Å². The summed E-state index contributed by atoms with van der Waals surface area (Å²) in [7, 11) is 0. The summed E-state index contributed by atoms with van der Waals surface area (Å²) in [6.07, 6.45) is 2.41. The molecule has 2 amide bonds. The maximum Gasteiger partial charge on any atom is 0.254 e. The molecule has 2 aliphatic rings. The molecule has 136 valence electrons. The number of primary amides is 1. The Hall–Kier alpha value is -2.08. The van der Waals surface area contributed by atoms with Crippen LogP contribution in [0.4, 0.5) is 5.69 Å². The number of piperazine rings is 1. The zero-order valence-electron chi connectivity index (χ0n) is 15.1. The van der Waals surface area contributed by atoms with Gasteiger partial charge in [0, 0.05) is 50.0 Å². The Morgan fingerprint density at radius 3 is 2.48 bits per heavy atom. The fourth-order valence-electron chi connectivity index (χ4n) is 3.85. The molecule has 0 radical (unpaired) electrons. The van der Waals surface area contributed by atoms with Gasteiger partial charge in [-0.2, -0.15) is 0 Å². The molecular weight excluding hydrogens is 316 g/mol. The van der Waals surface area contributed by atoms with Crippen molar-refractivity contribution in [3.8, 4) is 0 Å². The van der Waals surface area contributed by atoms with E-state index in [9.17, 15) is 9.59 Å². The van der Waals surface area contributed by atoms with Crippen LogP contribution in [0.1, 0.15) is 37.0 Å². The highest BCUT2D eigenvalue weighted by atomic mass is 16.2. The monoisotopic (exact) mass is 344 g/mol. The molecule has 0 unspecified atom stereocenters. The molecule has 2 aliphatic heterocycles. The van der Waals surface area contributed by atoms with E-state index in [1.165, 1.54) is 12.8 Å². The lowest BCUT2D eigenvalue weighted by atomic mass is 10.1. The minimum atomic E-state index is -0.417. The second kappa shape index (κ2) is 7.44. The summed E-state index contributed by atoms with van der Waals surface area (Å²) in [4.78, 5) is 30.9. The normalized spacial score (nSPS) is 21.8. The van der Waals surface area contributed by atoms with Crippen molar-refractivity contribution in [1.82, 2.24) is 9.80 Å². The molecule has 3 rings (SSSR count). The van der Waals surface area contributed by atoms with Gasteiger partial charge in [-0.05, 0) is 44.9 Å². The van der Waals surface area contributed by atoms with E-state index in [0.717, 1.165) is 18.8 Å². The molecule has 0 aromatic heterocycles. The van der Waals surface area contributed by atoms with Crippen LogP contribution in [0, 0.1) is 0 Å². The Labute approximate surface area is 149 Å². The number of anilines is 1. The molecule has 0 saturated carbocycles. The quantitative estimate of drug-likeness (QED) is 0.894. The molecule has 0 bridgehead atoms. The van der Waals surface area contributed by atoms with E-state index < -0.39 is 6.04 Å². The summed E-state index contributed by atoms with van der Waals surface area (Å²) in [5, 5.41) is 0. The van der Waals surface area contributed by atoms with E-state index in [0.29, 0.717) is 25.2 Å². The van der Waals surface area contributed by atoms with Gasteiger partial charge in [0.2, 0.25) is 5.91 Å². The van der Waals surface area contributed by atoms with Crippen molar-refractivity contribution >= 4 is 17.5 Å². The standard InChI is InChI=1S/C19H28N4O2/c1-14(2)23-11-10-22(13-17(23)18(20)24)19(25)15-6-5-7-16(12-15)21-8-3-4-9-21/h5-7,12,14,17H,3-4,8-11,13H2,1-2H3,(H2,20,24)/t17-/m0/s1. The molecule has 6 heteroatoms. The third-order valence-electron chi connectivity index (χ3n) is 5.27. The van der Waals surface area contributed by atoms with Crippen molar-refractivity contribution in [3.05, 3.63) is 29.8 Å². The molecule has 0 spiro atoms. The predicted molar refractivity (Wildman–Crippen MR) is 98.6 cm³/mol. The molecule has 25 heavy (non-hydrogen) atoms. The van der Waals surface area contributed by atoms with Gasteiger partial charge in [-0.1, -0.05) is 6.07 Å². The Kier molecular flexibility index (Phi) is 5.27. The maximum atomic E-state index is 12.9. The highest BCUT2D eigenvalue weighted by Gasteiger charge is 2.34. The Bertz CT molecular complexity index is 640. The summed E-state index contributed by atoms with van der Waals surface area (Å²) in [5.41, 5.74) is 7.37. The van der Waals surface area contributed by atoms with E-state index in [4.69, 9.17) is 5.73 Å². The Morgan fingerprint density at radius 1 is 1.12 bits per heavy atom. The first-order chi connectivity index (χ1) is 12.0.